The zero-order chi connectivity index (χ0) is 14.9. The number of halogens is 3. The van der Waals surface area contributed by atoms with Crippen molar-refractivity contribution in [3.05, 3.63) is 5.01 Å². The number of rotatable bonds is 2. The number of amides is 3. The summed E-state index contributed by atoms with van der Waals surface area (Å²) in [7, 11) is 0. The van der Waals surface area contributed by atoms with Crippen LogP contribution in [-0.2, 0) is 4.79 Å². The zero-order valence-electron chi connectivity index (χ0n) is 10.3. The molecule has 0 radical (unpaired) electrons. The summed E-state index contributed by atoms with van der Waals surface area (Å²) < 4.78 is 36.7. The van der Waals surface area contributed by atoms with Gasteiger partial charge < -0.3 is 4.90 Å². The van der Waals surface area contributed by atoms with Gasteiger partial charge in [0.25, 0.3) is 0 Å². The summed E-state index contributed by atoms with van der Waals surface area (Å²) in [6.07, 6.45) is -4.49. The summed E-state index contributed by atoms with van der Waals surface area (Å²) in [4.78, 5) is 24.7. The van der Waals surface area contributed by atoms with Crippen LogP contribution >= 0.6 is 11.3 Å². The van der Waals surface area contributed by atoms with Gasteiger partial charge in [-0.25, -0.2) is 4.79 Å². The van der Waals surface area contributed by atoms with Crippen LogP contribution in [0.2, 0.25) is 0 Å². The SMILES string of the molecule is Cc1nnc(NC(=O)N2CC(=O)N(CC(F)(F)F)C2)s1. The van der Waals surface area contributed by atoms with Gasteiger partial charge in [0.05, 0.1) is 6.67 Å². The lowest BCUT2D eigenvalue weighted by atomic mass is 10.5. The maximum Gasteiger partial charge on any atom is 0.406 e. The molecule has 2 rings (SSSR count). The molecule has 0 bridgehead atoms. The van der Waals surface area contributed by atoms with Crippen LogP contribution in [0, 0.1) is 6.92 Å². The van der Waals surface area contributed by atoms with Crippen molar-refractivity contribution < 1.29 is 22.8 Å². The fourth-order valence-electron chi connectivity index (χ4n) is 1.61. The molecular weight excluding hydrogens is 299 g/mol. The fourth-order valence-corrected chi connectivity index (χ4v) is 2.19. The highest BCUT2D eigenvalue weighted by molar-refractivity contribution is 7.15. The predicted octanol–water partition coefficient (Wildman–Crippen LogP) is 1.04. The van der Waals surface area contributed by atoms with Crippen LogP contribution in [0.15, 0.2) is 0 Å². The molecule has 1 fully saturated rings. The summed E-state index contributed by atoms with van der Waals surface area (Å²) in [6, 6.07) is -0.681. The molecule has 20 heavy (non-hydrogen) atoms. The summed E-state index contributed by atoms with van der Waals surface area (Å²) in [5, 5.41) is 10.6. The number of urea groups is 1. The topological polar surface area (TPSA) is 78.4 Å². The molecule has 1 aliphatic heterocycles. The molecule has 1 saturated heterocycles. The Hall–Kier alpha value is -1.91. The Morgan fingerprint density at radius 1 is 1.45 bits per heavy atom. The molecule has 110 valence electrons. The molecule has 0 saturated carbocycles. The molecule has 1 aromatic rings. The Labute approximate surface area is 115 Å². The lowest BCUT2D eigenvalue weighted by Gasteiger charge is -2.19. The highest BCUT2D eigenvalue weighted by atomic mass is 32.1. The van der Waals surface area contributed by atoms with Gasteiger partial charge in [-0.3, -0.25) is 15.0 Å². The number of aromatic nitrogens is 2. The highest BCUT2D eigenvalue weighted by Crippen LogP contribution is 2.20. The molecule has 11 heteroatoms. The maximum absolute atomic E-state index is 12.2. The first-order valence-electron chi connectivity index (χ1n) is 5.45. The summed E-state index contributed by atoms with van der Waals surface area (Å²) in [5.41, 5.74) is 0. The summed E-state index contributed by atoms with van der Waals surface area (Å²) in [5.74, 6) is -0.745. The summed E-state index contributed by atoms with van der Waals surface area (Å²) in [6.45, 7) is -0.465. The third-order valence-electron chi connectivity index (χ3n) is 2.42. The van der Waals surface area contributed by atoms with E-state index in [0.29, 0.717) is 9.91 Å². The van der Waals surface area contributed by atoms with Crippen molar-refractivity contribution in [1.82, 2.24) is 20.0 Å². The van der Waals surface area contributed by atoms with Crippen molar-refractivity contribution in [1.29, 1.82) is 0 Å². The first kappa shape index (κ1) is 14.5. The monoisotopic (exact) mass is 309 g/mol. The van der Waals surface area contributed by atoms with E-state index in [1.807, 2.05) is 0 Å². The zero-order valence-corrected chi connectivity index (χ0v) is 11.1. The van der Waals surface area contributed by atoms with Crippen LogP contribution in [0.1, 0.15) is 5.01 Å². The quantitative estimate of drug-likeness (QED) is 0.885. The first-order chi connectivity index (χ1) is 9.24. The number of carbonyl (C=O) groups excluding carboxylic acids is 2. The van der Waals surface area contributed by atoms with E-state index in [9.17, 15) is 22.8 Å². The maximum atomic E-state index is 12.2. The second-order valence-electron chi connectivity index (χ2n) is 4.10. The Kier molecular flexibility index (Phi) is 3.79. The minimum atomic E-state index is -4.49. The van der Waals surface area contributed by atoms with E-state index in [2.05, 4.69) is 15.5 Å². The van der Waals surface area contributed by atoms with Gasteiger partial charge in [-0.05, 0) is 6.92 Å². The highest BCUT2D eigenvalue weighted by Gasteiger charge is 2.38. The van der Waals surface area contributed by atoms with E-state index in [4.69, 9.17) is 0 Å². The Morgan fingerprint density at radius 3 is 2.70 bits per heavy atom. The lowest BCUT2D eigenvalue weighted by Crippen LogP contribution is -2.38. The minimum Gasteiger partial charge on any atom is -0.314 e. The second-order valence-corrected chi connectivity index (χ2v) is 5.28. The number of nitrogens with one attached hydrogen (secondary N) is 1. The minimum absolute atomic E-state index is 0.231. The molecule has 0 aliphatic carbocycles. The number of hydrogen-bond acceptors (Lipinski definition) is 5. The van der Waals surface area contributed by atoms with Crippen LogP contribution < -0.4 is 5.32 Å². The molecule has 2 heterocycles. The molecule has 0 spiro atoms. The van der Waals surface area contributed by atoms with E-state index < -0.39 is 31.3 Å². The van der Waals surface area contributed by atoms with Gasteiger partial charge in [-0.15, -0.1) is 10.2 Å². The van der Waals surface area contributed by atoms with Crippen molar-refractivity contribution >= 4 is 28.4 Å². The molecule has 1 N–H and O–H groups in total. The molecular formula is C9H10F3N5O2S. The Bertz CT molecular complexity index is 532. The van der Waals surface area contributed by atoms with Gasteiger partial charge in [0.15, 0.2) is 0 Å². The number of alkyl halides is 3. The third kappa shape index (κ3) is 3.56. The molecule has 0 aromatic carbocycles. The van der Waals surface area contributed by atoms with Crippen molar-refractivity contribution in [2.75, 3.05) is 25.1 Å². The van der Waals surface area contributed by atoms with Crippen molar-refractivity contribution in [2.24, 2.45) is 0 Å². The molecule has 7 nitrogen and oxygen atoms in total. The van der Waals surface area contributed by atoms with Crippen molar-refractivity contribution in [3.8, 4) is 0 Å². The second kappa shape index (κ2) is 5.23. The average Bonchev–Trinajstić information content (AvgIpc) is 2.85. The molecule has 1 aromatic heterocycles. The number of nitrogens with zero attached hydrogens (tertiary/aromatic N) is 4. The van der Waals surface area contributed by atoms with Gasteiger partial charge >= 0.3 is 12.2 Å². The number of anilines is 1. The Morgan fingerprint density at radius 2 is 2.15 bits per heavy atom. The van der Waals surface area contributed by atoms with Crippen molar-refractivity contribution in [2.45, 2.75) is 13.1 Å². The van der Waals surface area contributed by atoms with E-state index in [-0.39, 0.29) is 11.7 Å². The van der Waals surface area contributed by atoms with Crippen LogP contribution in [0.4, 0.5) is 23.1 Å². The van der Waals surface area contributed by atoms with Crippen LogP contribution in [0.5, 0.6) is 0 Å². The van der Waals surface area contributed by atoms with Gasteiger partial charge in [0.2, 0.25) is 11.0 Å². The van der Waals surface area contributed by atoms with Crippen LogP contribution in [0.25, 0.3) is 0 Å². The number of aryl methyl sites for hydroxylation is 1. The molecule has 0 unspecified atom stereocenters. The first-order valence-corrected chi connectivity index (χ1v) is 6.27. The van der Waals surface area contributed by atoms with Gasteiger partial charge in [-0.2, -0.15) is 13.2 Å². The van der Waals surface area contributed by atoms with E-state index >= 15 is 0 Å². The van der Waals surface area contributed by atoms with E-state index in [1.165, 1.54) is 0 Å². The predicted molar refractivity (Wildman–Crippen MR) is 63.0 cm³/mol. The van der Waals surface area contributed by atoms with Gasteiger partial charge in [0.1, 0.15) is 18.1 Å². The number of carbonyl (C=O) groups is 2. The fraction of sp³-hybridized carbons (Fsp3) is 0.556. The van der Waals surface area contributed by atoms with E-state index in [1.54, 1.807) is 6.92 Å². The molecule has 1 aliphatic rings. The molecule has 3 amide bonds. The van der Waals surface area contributed by atoms with Gasteiger partial charge in [0, 0.05) is 0 Å². The van der Waals surface area contributed by atoms with E-state index in [0.717, 1.165) is 16.2 Å². The van der Waals surface area contributed by atoms with Gasteiger partial charge in [-0.1, -0.05) is 11.3 Å². The Balaban J connectivity index is 1.94. The third-order valence-corrected chi connectivity index (χ3v) is 3.17. The lowest BCUT2D eigenvalue weighted by molar-refractivity contribution is -0.157. The summed E-state index contributed by atoms with van der Waals surface area (Å²) >= 11 is 1.13. The smallest absolute Gasteiger partial charge is 0.314 e. The van der Waals surface area contributed by atoms with Crippen molar-refractivity contribution in [3.63, 3.8) is 0 Å². The normalized spacial score (nSPS) is 15.9. The van der Waals surface area contributed by atoms with Crippen LogP contribution in [-0.4, -0.2) is 57.9 Å². The standard InChI is InChI=1S/C9H10F3N5O2S/c1-5-14-15-7(20-5)13-8(19)16-2-6(18)17(4-16)3-9(10,11)12/h2-4H2,1H3,(H,13,15,19). The van der Waals surface area contributed by atoms with Crippen LogP contribution in [0.3, 0.4) is 0 Å². The number of hydrogen-bond donors (Lipinski definition) is 1. The largest absolute Gasteiger partial charge is 0.406 e. The molecule has 0 atom stereocenters. The average molecular weight is 309 g/mol.